The Bertz CT molecular complexity index is 579. The molecule has 0 aliphatic carbocycles. The van der Waals surface area contributed by atoms with Crippen molar-refractivity contribution in [3.8, 4) is 0 Å². The minimum absolute atomic E-state index is 0.0212. The van der Waals surface area contributed by atoms with Crippen LogP contribution in [0.15, 0.2) is 53.6 Å². The largest absolute Gasteiger partial charge is 0.352 e. The average Bonchev–Trinajstić information content (AvgIpc) is 2.41. The summed E-state index contributed by atoms with van der Waals surface area (Å²) in [6.45, 7) is 5.11. The van der Waals surface area contributed by atoms with Gasteiger partial charge in [0.05, 0.1) is 0 Å². The van der Waals surface area contributed by atoms with Crippen LogP contribution in [0.3, 0.4) is 0 Å². The summed E-state index contributed by atoms with van der Waals surface area (Å²) < 4.78 is 1.94. The van der Waals surface area contributed by atoms with Gasteiger partial charge in [-0.3, -0.25) is 4.79 Å². The summed E-state index contributed by atoms with van der Waals surface area (Å²) in [4.78, 5) is 11.1. The fourth-order valence-corrected chi connectivity index (χ4v) is 2.27. The molecule has 0 spiro atoms. The van der Waals surface area contributed by atoms with Crippen molar-refractivity contribution in [2.75, 3.05) is 0 Å². The van der Waals surface area contributed by atoms with Gasteiger partial charge in [0.25, 0.3) is 0 Å². The maximum atomic E-state index is 11.1. The molecule has 3 nitrogen and oxygen atoms in total. The van der Waals surface area contributed by atoms with Crippen molar-refractivity contribution in [2.24, 2.45) is 11.7 Å². The molecule has 0 aliphatic heterocycles. The zero-order valence-corrected chi connectivity index (χ0v) is 12.1. The fourth-order valence-electron chi connectivity index (χ4n) is 2.27. The van der Waals surface area contributed by atoms with Crippen LogP contribution < -0.4 is 11.2 Å². The normalized spacial score (nSPS) is 12.6. The molecular formula is C17H22N2O. The number of hydrogen-bond donors (Lipinski definition) is 1. The van der Waals surface area contributed by atoms with Gasteiger partial charge in [-0.2, -0.15) is 0 Å². The molecule has 0 fully saturated rings. The van der Waals surface area contributed by atoms with Crippen molar-refractivity contribution >= 4 is 0 Å². The van der Waals surface area contributed by atoms with E-state index in [9.17, 15) is 4.79 Å². The predicted molar refractivity (Wildman–Crippen MR) is 82.6 cm³/mol. The number of nitrogens with zero attached hydrogens (tertiary/aromatic N) is 1. The van der Waals surface area contributed by atoms with Gasteiger partial charge in [-0.1, -0.05) is 38.1 Å². The molecule has 0 bridgehead atoms. The summed E-state index contributed by atoms with van der Waals surface area (Å²) in [5.41, 5.74) is 8.71. The Hall–Kier alpha value is -1.87. The molecule has 1 unspecified atom stereocenters. The van der Waals surface area contributed by atoms with Crippen LogP contribution in [0.5, 0.6) is 0 Å². The van der Waals surface area contributed by atoms with Gasteiger partial charge in [-0.05, 0) is 23.5 Å². The van der Waals surface area contributed by atoms with E-state index in [1.54, 1.807) is 24.5 Å². The Morgan fingerprint density at radius 1 is 1.05 bits per heavy atom. The van der Waals surface area contributed by atoms with E-state index in [0.717, 1.165) is 12.0 Å². The zero-order valence-electron chi connectivity index (χ0n) is 12.1. The Morgan fingerprint density at radius 3 is 2.20 bits per heavy atom. The molecule has 2 rings (SSSR count). The van der Waals surface area contributed by atoms with Crippen molar-refractivity contribution in [2.45, 2.75) is 32.9 Å². The highest BCUT2D eigenvalue weighted by atomic mass is 16.1. The van der Waals surface area contributed by atoms with Crippen LogP contribution in [0, 0.1) is 5.92 Å². The van der Waals surface area contributed by atoms with Gasteiger partial charge in [0.15, 0.2) is 5.43 Å². The second kappa shape index (κ2) is 6.53. The molecule has 2 aromatic rings. The first kappa shape index (κ1) is 14.5. The van der Waals surface area contributed by atoms with Crippen molar-refractivity contribution in [3.05, 3.63) is 70.1 Å². The van der Waals surface area contributed by atoms with Crippen LogP contribution in [0.25, 0.3) is 0 Å². The molecule has 0 saturated carbocycles. The Morgan fingerprint density at radius 2 is 1.65 bits per heavy atom. The van der Waals surface area contributed by atoms with Gasteiger partial charge < -0.3 is 10.3 Å². The second-order valence-electron chi connectivity index (χ2n) is 5.68. The molecule has 1 atom stereocenters. The maximum absolute atomic E-state index is 11.1. The highest BCUT2D eigenvalue weighted by Gasteiger charge is 2.06. The lowest BCUT2D eigenvalue weighted by molar-refractivity contribution is 0.573. The summed E-state index contributed by atoms with van der Waals surface area (Å²) >= 11 is 0. The molecule has 20 heavy (non-hydrogen) atoms. The van der Waals surface area contributed by atoms with Crippen molar-refractivity contribution in [3.63, 3.8) is 0 Å². The molecule has 0 amide bonds. The highest BCUT2D eigenvalue weighted by molar-refractivity contribution is 5.25. The smallest absolute Gasteiger partial charge is 0.181 e. The first-order chi connectivity index (χ1) is 9.54. The predicted octanol–water partition coefficient (Wildman–Crippen LogP) is 2.75. The molecular weight excluding hydrogens is 248 g/mol. The lowest BCUT2D eigenvalue weighted by atomic mass is 9.99. The number of nitrogens with two attached hydrogens (primary N) is 1. The highest BCUT2D eigenvalue weighted by Crippen LogP contribution is 2.15. The molecule has 3 heteroatoms. The van der Waals surface area contributed by atoms with Crippen LogP contribution in [0.4, 0.5) is 0 Å². The number of hydrogen-bond acceptors (Lipinski definition) is 2. The van der Waals surface area contributed by atoms with Crippen molar-refractivity contribution < 1.29 is 0 Å². The Kier molecular flexibility index (Phi) is 4.74. The van der Waals surface area contributed by atoms with E-state index in [-0.39, 0.29) is 11.5 Å². The van der Waals surface area contributed by atoms with Crippen LogP contribution >= 0.6 is 0 Å². The molecule has 106 valence electrons. The standard InChI is InChI=1S/C17H22N2O/c1-13(2)11-14-3-5-15(6-4-14)17(18)12-19-9-7-16(20)8-10-19/h3-10,13,17H,11-12,18H2,1-2H3. The number of benzene rings is 1. The molecule has 2 N–H and O–H groups in total. The molecule has 1 heterocycles. The summed E-state index contributed by atoms with van der Waals surface area (Å²) in [6.07, 6.45) is 4.64. The average molecular weight is 270 g/mol. The SMILES string of the molecule is CC(C)Cc1ccc(C(N)Cn2ccc(=O)cc2)cc1. The summed E-state index contributed by atoms with van der Waals surface area (Å²) in [5, 5.41) is 0. The Balaban J connectivity index is 2.03. The molecule has 0 aliphatic rings. The van der Waals surface area contributed by atoms with Crippen LogP contribution in [-0.2, 0) is 13.0 Å². The van der Waals surface area contributed by atoms with Gasteiger partial charge in [0.2, 0.25) is 0 Å². The van der Waals surface area contributed by atoms with Gasteiger partial charge in [0.1, 0.15) is 0 Å². The molecule has 0 radical (unpaired) electrons. The lowest BCUT2D eigenvalue weighted by Gasteiger charge is -2.15. The topological polar surface area (TPSA) is 48.0 Å². The quantitative estimate of drug-likeness (QED) is 0.908. The van der Waals surface area contributed by atoms with E-state index in [1.165, 1.54) is 5.56 Å². The third kappa shape index (κ3) is 4.07. The first-order valence-electron chi connectivity index (χ1n) is 7.05. The Labute approximate surface area is 120 Å². The summed E-state index contributed by atoms with van der Waals surface area (Å²) in [5.74, 6) is 0.663. The second-order valence-corrected chi connectivity index (χ2v) is 5.68. The molecule has 1 aromatic heterocycles. The minimum atomic E-state index is -0.0643. The molecule has 0 saturated heterocycles. The third-order valence-corrected chi connectivity index (χ3v) is 3.32. The third-order valence-electron chi connectivity index (χ3n) is 3.32. The van der Waals surface area contributed by atoms with E-state index < -0.39 is 0 Å². The lowest BCUT2D eigenvalue weighted by Crippen LogP contribution is -2.18. The van der Waals surface area contributed by atoms with E-state index in [4.69, 9.17) is 5.73 Å². The van der Waals surface area contributed by atoms with Gasteiger partial charge in [-0.25, -0.2) is 0 Å². The van der Waals surface area contributed by atoms with Crippen molar-refractivity contribution in [1.82, 2.24) is 4.57 Å². The van der Waals surface area contributed by atoms with E-state index >= 15 is 0 Å². The van der Waals surface area contributed by atoms with Gasteiger partial charge in [0, 0.05) is 37.1 Å². The van der Waals surface area contributed by atoms with E-state index in [1.807, 2.05) is 4.57 Å². The number of aromatic nitrogens is 1. The van der Waals surface area contributed by atoms with Gasteiger partial charge >= 0.3 is 0 Å². The fraction of sp³-hybridized carbons (Fsp3) is 0.353. The van der Waals surface area contributed by atoms with E-state index in [0.29, 0.717) is 12.5 Å². The van der Waals surface area contributed by atoms with Crippen molar-refractivity contribution in [1.29, 1.82) is 0 Å². The maximum Gasteiger partial charge on any atom is 0.181 e. The zero-order chi connectivity index (χ0) is 14.5. The van der Waals surface area contributed by atoms with Crippen LogP contribution in [0.1, 0.15) is 31.0 Å². The monoisotopic (exact) mass is 270 g/mol. The van der Waals surface area contributed by atoms with E-state index in [2.05, 4.69) is 38.1 Å². The van der Waals surface area contributed by atoms with Gasteiger partial charge in [-0.15, -0.1) is 0 Å². The summed E-state index contributed by atoms with van der Waals surface area (Å²) in [7, 11) is 0. The number of pyridine rings is 1. The first-order valence-corrected chi connectivity index (χ1v) is 7.05. The van der Waals surface area contributed by atoms with Crippen LogP contribution in [-0.4, -0.2) is 4.57 Å². The molecule has 1 aromatic carbocycles. The number of rotatable bonds is 5. The minimum Gasteiger partial charge on any atom is -0.352 e. The van der Waals surface area contributed by atoms with Crippen LogP contribution in [0.2, 0.25) is 0 Å². The summed E-state index contributed by atoms with van der Waals surface area (Å²) in [6, 6.07) is 11.6.